The van der Waals surface area contributed by atoms with Crippen LogP contribution in [0.4, 0.5) is 10.5 Å². The molecule has 2 aromatic rings. The van der Waals surface area contributed by atoms with E-state index in [-0.39, 0.29) is 17.0 Å². The first-order chi connectivity index (χ1) is 13.3. The van der Waals surface area contributed by atoms with Crippen LogP contribution in [0.15, 0.2) is 59.1 Å². The summed E-state index contributed by atoms with van der Waals surface area (Å²) in [6.07, 6.45) is 3.39. The fraction of sp³-hybridized carbons (Fsp3) is 0.0500. The van der Waals surface area contributed by atoms with E-state index in [1.54, 1.807) is 18.2 Å². The molecule has 8 heteroatoms. The minimum Gasteiger partial charge on any atom is -0.506 e. The minimum absolute atomic E-state index is 0.0550. The van der Waals surface area contributed by atoms with Crippen molar-refractivity contribution in [1.29, 1.82) is 0 Å². The number of nitrogens with zero attached hydrogens (tertiary/aromatic N) is 1. The molecule has 1 aliphatic rings. The van der Waals surface area contributed by atoms with Gasteiger partial charge < -0.3 is 5.11 Å². The quantitative estimate of drug-likeness (QED) is 0.406. The molecule has 2 aromatic carbocycles. The Bertz CT molecular complexity index is 1030. The number of benzene rings is 2. The summed E-state index contributed by atoms with van der Waals surface area (Å²) in [6.45, 7) is 3.64. The van der Waals surface area contributed by atoms with Gasteiger partial charge in [-0.25, -0.2) is 9.69 Å². The molecule has 0 saturated carbocycles. The number of hydrogen-bond donors (Lipinski definition) is 2. The molecule has 2 N–H and O–H groups in total. The van der Waals surface area contributed by atoms with Crippen molar-refractivity contribution in [3.8, 4) is 5.75 Å². The Labute approximate surface area is 174 Å². The normalized spacial score (nSPS) is 15.7. The number of halogens is 2. The van der Waals surface area contributed by atoms with E-state index < -0.39 is 17.8 Å². The highest BCUT2D eigenvalue weighted by Crippen LogP contribution is 2.31. The Morgan fingerprint density at radius 1 is 1.18 bits per heavy atom. The summed E-state index contributed by atoms with van der Waals surface area (Å²) < 4.78 is 0.410. The zero-order chi connectivity index (χ0) is 20.4. The zero-order valence-electron chi connectivity index (χ0n) is 14.4. The molecule has 0 spiro atoms. The monoisotopic (exact) mass is 460 g/mol. The predicted octanol–water partition coefficient (Wildman–Crippen LogP) is 4.20. The van der Waals surface area contributed by atoms with Gasteiger partial charge in [0, 0.05) is 5.02 Å². The van der Waals surface area contributed by atoms with Gasteiger partial charge in [-0.1, -0.05) is 17.7 Å². The van der Waals surface area contributed by atoms with Crippen LogP contribution in [0.5, 0.6) is 5.75 Å². The number of amides is 4. The van der Waals surface area contributed by atoms with E-state index in [4.69, 9.17) is 11.6 Å². The second-order valence-corrected chi connectivity index (χ2v) is 7.23. The summed E-state index contributed by atoms with van der Waals surface area (Å²) in [7, 11) is 0. The first kappa shape index (κ1) is 19.9. The molecule has 0 radical (unpaired) electrons. The Balaban J connectivity index is 2.04. The number of anilines is 1. The highest BCUT2D eigenvalue weighted by Gasteiger charge is 2.36. The molecular formula is C20H14BrClN2O4. The van der Waals surface area contributed by atoms with Gasteiger partial charge in [-0.3, -0.25) is 14.9 Å². The van der Waals surface area contributed by atoms with E-state index in [1.807, 2.05) is 0 Å². The van der Waals surface area contributed by atoms with E-state index in [1.165, 1.54) is 30.3 Å². The number of phenolic OH excluding ortho intramolecular Hbond substituents is 1. The summed E-state index contributed by atoms with van der Waals surface area (Å²) >= 11 is 9.10. The van der Waals surface area contributed by atoms with Crippen molar-refractivity contribution in [3.05, 3.63) is 75.2 Å². The average Bonchev–Trinajstić information content (AvgIpc) is 2.64. The van der Waals surface area contributed by atoms with Gasteiger partial charge in [0.15, 0.2) is 0 Å². The highest BCUT2D eigenvalue weighted by molar-refractivity contribution is 9.10. The number of carbonyl (C=O) groups excluding carboxylic acids is 3. The molecule has 28 heavy (non-hydrogen) atoms. The molecule has 1 heterocycles. The van der Waals surface area contributed by atoms with Crippen molar-refractivity contribution >= 4 is 57.1 Å². The lowest BCUT2D eigenvalue weighted by atomic mass is 10.0. The Morgan fingerprint density at radius 2 is 1.86 bits per heavy atom. The predicted molar refractivity (Wildman–Crippen MR) is 110 cm³/mol. The minimum atomic E-state index is -0.839. The number of hydrogen-bond acceptors (Lipinski definition) is 4. The van der Waals surface area contributed by atoms with E-state index in [2.05, 4.69) is 27.8 Å². The molecular weight excluding hydrogens is 448 g/mol. The number of rotatable bonds is 4. The number of phenols is 1. The van der Waals surface area contributed by atoms with Crippen molar-refractivity contribution in [2.75, 3.05) is 4.90 Å². The zero-order valence-corrected chi connectivity index (χ0v) is 16.8. The smallest absolute Gasteiger partial charge is 0.335 e. The van der Waals surface area contributed by atoms with Crippen LogP contribution in [0.25, 0.3) is 6.08 Å². The third-order valence-electron chi connectivity index (χ3n) is 4.03. The topological polar surface area (TPSA) is 86.7 Å². The van der Waals surface area contributed by atoms with Crippen LogP contribution >= 0.6 is 27.5 Å². The molecule has 1 fully saturated rings. The number of urea groups is 1. The van der Waals surface area contributed by atoms with Crippen molar-refractivity contribution in [3.63, 3.8) is 0 Å². The standard InChI is InChI=1S/C20H14BrClN2O4/c1-2-3-12-8-11(10-16(21)17(12)25)9-15-18(26)23-20(28)24(19(15)27)14-6-4-13(22)5-7-14/h2,4-10,25H,1,3H2,(H,23,26,28)/b15-9+. The van der Waals surface area contributed by atoms with Crippen LogP contribution in [0.1, 0.15) is 11.1 Å². The van der Waals surface area contributed by atoms with Crippen LogP contribution in [-0.4, -0.2) is 23.0 Å². The van der Waals surface area contributed by atoms with Crippen molar-refractivity contribution < 1.29 is 19.5 Å². The van der Waals surface area contributed by atoms with Crippen molar-refractivity contribution in [2.45, 2.75) is 6.42 Å². The Hall–Kier alpha value is -2.90. The molecule has 0 bridgehead atoms. The van der Waals surface area contributed by atoms with E-state index in [0.29, 0.717) is 27.0 Å². The first-order valence-electron chi connectivity index (χ1n) is 8.11. The first-order valence-corrected chi connectivity index (χ1v) is 9.28. The fourth-order valence-electron chi connectivity index (χ4n) is 2.72. The molecule has 1 saturated heterocycles. The molecule has 6 nitrogen and oxygen atoms in total. The van der Waals surface area contributed by atoms with Crippen LogP contribution in [-0.2, 0) is 16.0 Å². The van der Waals surface area contributed by atoms with Crippen LogP contribution in [0, 0.1) is 0 Å². The molecule has 3 rings (SSSR count). The van der Waals surface area contributed by atoms with E-state index in [9.17, 15) is 19.5 Å². The SMILES string of the molecule is C=CCc1cc(/C=C2\C(=O)NC(=O)N(c3ccc(Cl)cc3)C2=O)cc(Br)c1O. The largest absolute Gasteiger partial charge is 0.506 e. The number of carbonyl (C=O) groups is 3. The maximum atomic E-state index is 12.9. The van der Waals surface area contributed by atoms with Crippen LogP contribution in [0.3, 0.4) is 0 Å². The van der Waals surface area contributed by atoms with E-state index >= 15 is 0 Å². The Kier molecular flexibility index (Phi) is 5.67. The number of imide groups is 2. The molecule has 4 amide bonds. The Morgan fingerprint density at radius 3 is 2.50 bits per heavy atom. The van der Waals surface area contributed by atoms with Gasteiger partial charge in [-0.2, -0.15) is 0 Å². The molecule has 0 atom stereocenters. The summed E-state index contributed by atoms with van der Waals surface area (Å²) in [6, 6.07) is 8.45. The summed E-state index contributed by atoms with van der Waals surface area (Å²) in [4.78, 5) is 38.2. The van der Waals surface area contributed by atoms with Crippen molar-refractivity contribution in [1.82, 2.24) is 5.32 Å². The summed E-state index contributed by atoms with van der Waals surface area (Å²) in [5, 5.41) is 12.7. The lowest BCUT2D eigenvalue weighted by molar-refractivity contribution is -0.122. The van der Waals surface area contributed by atoms with Gasteiger partial charge in [0.05, 0.1) is 10.2 Å². The van der Waals surface area contributed by atoms with Gasteiger partial charge >= 0.3 is 6.03 Å². The number of allylic oxidation sites excluding steroid dienone is 1. The van der Waals surface area contributed by atoms with E-state index in [0.717, 1.165) is 4.90 Å². The van der Waals surface area contributed by atoms with Gasteiger partial charge in [0.2, 0.25) is 0 Å². The van der Waals surface area contributed by atoms with Gasteiger partial charge in [0.1, 0.15) is 11.3 Å². The lowest BCUT2D eigenvalue weighted by Crippen LogP contribution is -2.54. The number of aromatic hydroxyl groups is 1. The number of barbiturate groups is 1. The average molecular weight is 462 g/mol. The fourth-order valence-corrected chi connectivity index (χ4v) is 3.37. The second-order valence-electron chi connectivity index (χ2n) is 5.94. The van der Waals surface area contributed by atoms with Gasteiger partial charge in [-0.05, 0) is 76.0 Å². The van der Waals surface area contributed by atoms with Crippen molar-refractivity contribution in [2.24, 2.45) is 0 Å². The highest BCUT2D eigenvalue weighted by atomic mass is 79.9. The second kappa shape index (κ2) is 8.00. The molecule has 142 valence electrons. The summed E-state index contributed by atoms with van der Waals surface area (Å²) in [5.74, 6) is -1.50. The molecule has 0 unspecified atom stereocenters. The van der Waals surface area contributed by atoms with Crippen LogP contribution in [0.2, 0.25) is 5.02 Å². The lowest BCUT2D eigenvalue weighted by Gasteiger charge is -2.26. The third-order valence-corrected chi connectivity index (χ3v) is 4.88. The van der Waals surface area contributed by atoms with Gasteiger partial charge in [0.25, 0.3) is 11.8 Å². The maximum Gasteiger partial charge on any atom is 0.335 e. The van der Waals surface area contributed by atoms with Gasteiger partial charge in [-0.15, -0.1) is 6.58 Å². The molecule has 1 aliphatic heterocycles. The maximum absolute atomic E-state index is 12.9. The molecule has 0 aliphatic carbocycles. The third kappa shape index (κ3) is 3.85. The summed E-state index contributed by atoms with van der Waals surface area (Å²) in [5.41, 5.74) is 1.15. The molecule has 0 aromatic heterocycles. The number of nitrogens with one attached hydrogen (secondary N) is 1. The van der Waals surface area contributed by atoms with Crippen LogP contribution < -0.4 is 10.2 Å².